The monoisotopic (exact) mass is 411 g/mol. The minimum Gasteiger partial charge on any atom is -0.461 e. The van der Waals surface area contributed by atoms with E-state index in [1.807, 2.05) is 6.08 Å². The molecule has 0 radical (unpaired) electrons. The van der Waals surface area contributed by atoms with Gasteiger partial charge in [-0.15, -0.1) is 0 Å². The van der Waals surface area contributed by atoms with Crippen LogP contribution in [0.3, 0.4) is 0 Å². The Kier molecular flexibility index (Phi) is 20.3. The summed E-state index contributed by atoms with van der Waals surface area (Å²) in [6.45, 7) is 6.89. The van der Waals surface area contributed by atoms with E-state index < -0.39 is 0 Å². The molecule has 0 saturated carbocycles. The summed E-state index contributed by atoms with van der Waals surface area (Å²) in [6, 6.07) is 0. The Morgan fingerprint density at radius 2 is 1.34 bits per heavy atom. The van der Waals surface area contributed by atoms with E-state index in [9.17, 15) is 9.59 Å². The molecule has 1 N–H and O–H groups in total. The Balaban J connectivity index is 3.88. The lowest BCUT2D eigenvalue weighted by molar-refractivity contribution is -0.149. The Hall–Kier alpha value is -1.36. The van der Waals surface area contributed by atoms with Crippen LogP contribution in [0, 0.1) is 0 Å². The van der Waals surface area contributed by atoms with Crippen molar-refractivity contribution in [2.75, 3.05) is 19.7 Å². The number of esters is 2. The van der Waals surface area contributed by atoms with E-state index >= 15 is 0 Å². The predicted octanol–water partition coefficient (Wildman–Crippen LogP) is 5.72. The van der Waals surface area contributed by atoms with Gasteiger partial charge in [0.15, 0.2) is 0 Å². The van der Waals surface area contributed by atoms with Crippen LogP contribution in [0.5, 0.6) is 0 Å². The molecular weight excluding hydrogens is 366 g/mol. The first kappa shape index (κ1) is 27.6. The highest BCUT2D eigenvalue weighted by atomic mass is 16.5. The Bertz CT molecular complexity index is 413. The number of rotatable bonds is 20. The second-order valence-electron chi connectivity index (χ2n) is 7.71. The molecule has 0 atom stereocenters. The molecule has 5 heteroatoms. The number of allylic oxidation sites excluding steroid dienone is 1. The normalized spacial score (nSPS) is 11.3. The van der Waals surface area contributed by atoms with Crippen molar-refractivity contribution in [3.05, 3.63) is 12.2 Å². The van der Waals surface area contributed by atoms with Crippen LogP contribution in [0.2, 0.25) is 0 Å². The molecule has 0 aromatic rings. The van der Waals surface area contributed by atoms with E-state index in [0.29, 0.717) is 0 Å². The van der Waals surface area contributed by atoms with Gasteiger partial charge in [0.1, 0.15) is 12.7 Å². The van der Waals surface area contributed by atoms with Crippen molar-refractivity contribution in [1.29, 1.82) is 0 Å². The van der Waals surface area contributed by atoms with E-state index in [0.717, 1.165) is 44.9 Å². The number of nitrogens with one attached hydrogen (secondary N) is 1. The second-order valence-corrected chi connectivity index (χ2v) is 7.71. The number of hydrogen-bond donors (Lipinski definition) is 1. The molecule has 29 heavy (non-hydrogen) atoms. The maximum atomic E-state index is 12.1. The standard InChI is InChI=1S/C24H45NO4/c1-4-7-10-11-12-13-16-19-28-23(26)20-25-21-24(27)29-22(17-14-8-5-2)18-15-9-6-3/h13,16,22,25H,4-12,14-15,17-21H2,1-3H3/b16-13-. The van der Waals surface area contributed by atoms with E-state index in [1.165, 1.54) is 38.5 Å². The molecule has 0 bridgehead atoms. The first-order chi connectivity index (χ1) is 14.1. The van der Waals surface area contributed by atoms with E-state index in [2.05, 4.69) is 32.2 Å². The summed E-state index contributed by atoms with van der Waals surface area (Å²) in [5.41, 5.74) is 0. The molecule has 170 valence electrons. The molecule has 0 aliphatic carbocycles. The van der Waals surface area contributed by atoms with Crippen molar-refractivity contribution in [2.24, 2.45) is 0 Å². The highest BCUT2D eigenvalue weighted by molar-refractivity contribution is 5.75. The van der Waals surface area contributed by atoms with Crippen LogP contribution in [0.4, 0.5) is 0 Å². The smallest absolute Gasteiger partial charge is 0.320 e. The quantitative estimate of drug-likeness (QED) is 0.158. The molecule has 0 heterocycles. The number of unbranched alkanes of at least 4 members (excludes halogenated alkanes) is 8. The molecule has 0 aromatic heterocycles. The summed E-state index contributed by atoms with van der Waals surface area (Å²) in [7, 11) is 0. The predicted molar refractivity (Wildman–Crippen MR) is 120 cm³/mol. The summed E-state index contributed by atoms with van der Waals surface area (Å²) in [4.78, 5) is 23.8. The average molecular weight is 412 g/mol. The lowest BCUT2D eigenvalue weighted by Crippen LogP contribution is -2.32. The summed E-state index contributed by atoms with van der Waals surface area (Å²) in [6.07, 6.45) is 18.6. The molecule has 0 saturated heterocycles. The number of hydrogen-bond acceptors (Lipinski definition) is 5. The molecule has 0 aromatic carbocycles. The van der Waals surface area contributed by atoms with Crippen LogP contribution < -0.4 is 5.32 Å². The van der Waals surface area contributed by atoms with Gasteiger partial charge in [0.2, 0.25) is 0 Å². The molecule has 0 aliphatic rings. The van der Waals surface area contributed by atoms with Gasteiger partial charge in [-0.25, -0.2) is 0 Å². The van der Waals surface area contributed by atoms with Crippen molar-refractivity contribution >= 4 is 11.9 Å². The fraction of sp³-hybridized carbons (Fsp3) is 0.833. The topological polar surface area (TPSA) is 64.6 Å². The van der Waals surface area contributed by atoms with Crippen LogP contribution >= 0.6 is 0 Å². The third-order valence-electron chi connectivity index (χ3n) is 4.83. The van der Waals surface area contributed by atoms with Crippen molar-refractivity contribution in [3.63, 3.8) is 0 Å². The Morgan fingerprint density at radius 1 is 0.759 bits per heavy atom. The zero-order chi connectivity index (χ0) is 21.6. The number of carbonyl (C=O) groups is 2. The van der Waals surface area contributed by atoms with Gasteiger partial charge in [0, 0.05) is 0 Å². The minimum absolute atomic E-state index is 0.00295. The molecule has 0 amide bonds. The first-order valence-electron chi connectivity index (χ1n) is 11.8. The SMILES string of the molecule is CCCCCC/C=C\COC(=O)CNCC(=O)OC(CCCCC)CCCCC. The van der Waals surface area contributed by atoms with E-state index in [-0.39, 0.29) is 37.7 Å². The number of carbonyl (C=O) groups excluding carboxylic acids is 2. The molecule has 0 rings (SSSR count). The van der Waals surface area contributed by atoms with Crippen LogP contribution in [0.25, 0.3) is 0 Å². The summed E-state index contributed by atoms with van der Waals surface area (Å²) in [5.74, 6) is -0.640. The van der Waals surface area contributed by atoms with Crippen LogP contribution in [-0.4, -0.2) is 37.7 Å². The van der Waals surface area contributed by atoms with Crippen LogP contribution in [0.1, 0.15) is 104 Å². The van der Waals surface area contributed by atoms with Gasteiger partial charge < -0.3 is 9.47 Å². The third-order valence-corrected chi connectivity index (χ3v) is 4.83. The molecule has 5 nitrogen and oxygen atoms in total. The van der Waals surface area contributed by atoms with Crippen molar-refractivity contribution < 1.29 is 19.1 Å². The second kappa shape index (κ2) is 21.4. The third kappa shape index (κ3) is 19.7. The van der Waals surface area contributed by atoms with Gasteiger partial charge in [0.25, 0.3) is 0 Å². The molecule has 0 spiro atoms. The van der Waals surface area contributed by atoms with Crippen molar-refractivity contribution in [3.8, 4) is 0 Å². The lowest BCUT2D eigenvalue weighted by atomic mass is 10.0. The fourth-order valence-electron chi connectivity index (χ4n) is 3.07. The molecular formula is C24H45NO4. The Morgan fingerprint density at radius 3 is 1.97 bits per heavy atom. The van der Waals surface area contributed by atoms with Gasteiger partial charge in [-0.2, -0.15) is 0 Å². The Labute approximate surface area is 179 Å². The van der Waals surface area contributed by atoms with Crippen LogP contribution in [-0.2, 0) is 19.1 Å². The zero-order valence-electron chi connectivity index (χ0n) is 19.2. The minimum atomic E-state index is -0.351. The van der Waals surface area contributed by atoms with Crippen molar-refractivity contribution in [2.45, 2.75) is 110 Å². The van der Waals surface area contributed by atoms with E-state index in [1.54, 1.807) is 0 Å². The van der Waals surface area contributed by atoms with Gasteiger partial charge in [-0.05, 0) is 38.5 Å². The summed E-state index contributed by atoms with van der Waals surface area (Å²) < 4.78 is 10.7. The van der Waals surface area contributed by atoms with Crippen LogP contribution in [0.15, 0.2) is 12.2 Å². The highest BCUT2D eigenvalue weighted by Crippen LogP contribution is 2.14. The first-order valence-corrected chi connectivity index (χ1v) is 11.8. The van der Waals surface area contributed by atoms with Gasteiger partial charge >= 0.3 is 11.9 Å². The largest absolute Gasteiger partial charge is 0.461 e. The maximum absolute atomic E-state index is 12.1. The average Bonchev–Trinajstić information content (AvgIpc) is 2.70. The number of ether oxygens (including phenoxy) is 2. The molecule has 0 fully saturated rings. The molecule has 0 unspecified atom stereocenters. The van der Waals surface area contributed by atoms with Gasteiger partial charge in [-0.3, -0.25) is 14.9 Å². The van der Waals surface area contributed by atoms with Gasteiger partial charge in [0.05, 0.1) is 13.1 Å². The van der Waals surface area contributed by atoms with E-state index in [4.69, 9.17) is 9.47 Å². The fourth-order valence-corrected chi connectivity index (χ4v) is 3.07. The summed E-state index contributed by atoms with van der Waals surface area (Å²) in [5, 5.41) is 2.83. The zero-order valence-corrected chi connectivity index (χ0v) is 19.2. The lowest BCUT2D eigenvalue weighted by Gasteiger charge is -2.18. The highest BCUT2D eigenvalue weighted by Gasteiger charge is 2.14. The molecule has 0 aliphatic heterocycles. The van der Waals surface area contributed by atoms with Crippen molar-refractivity contribution in [1.82, 2.24) is 5.32 Å². The maximum Gasteiger partial charge on any atom is 0.320 e. The van der Waals surface area contributed by atoms with Gasteiger partial charge in [-0.1, -0.05) is 77.9 Å². The summed E-state index contributed by atoms with van der Waals surface area (Å²) >= 11 is 0.